The van der Waals surface area contributed by atoms with Crippen LogP contribution in [0.15, 0.2) is 0 Å². The molecule has 3 nitrogen and oxygen atoms in total. The van der Waals surface area contributed by atoms with Gasteiger partial charge in [-0.2, -0.15) is 0 Å². The first-order valence-corrected chi connectivity index (χ1v) is 9.91. The monoisotopic (exact) mass is 194 g/mol. The van der Waals surface area contributed by atoms with Gasteiger partial charge in [-0.3, -0.25) is 4.58 Å². The van der Waals surface area contributed by atoms with Crippen LogP contribution in [0, 0.1) is 0 Å². The molecule has 0 saturated heterocycles. The van der Waals surface area contributed by atoms with Crippen LogP contribution in [0.4, 0.5) is 0 Å². The molecule has 68 valence electrons. The standard InChI is InChI=1S/C6H18O3Si2/c1-7-8-11(5,6)9-10(2,3)4/h1-6H3. The molecule has 0 radical (unpaired) electrons. The third kappa shape index (κ3) is 6.70. The Labute approximate surface area is 71.0 Å². The molecule has 0 aliphatic rings. The molecule has 0 unspecified atom stereocenters. The summed E-state index contributed by atoms with van der Waals surface area (Å²) < 4.78 is 10.9. The van der Waals surface area contributed by atoms with E-state index < -0.39 is 16.9 Å². The molecule has 5 heteroatoms. The minimum absolute atomic E-state index is 1.47. The third-order valence-corrected chi connectivity index (χ3v) is 5.82. The summed E-state index contributed by atoms with van der Waals surface area (Å²) in [6.07, 6.45) is 0. The molecule has 0 bridgehead atoms. The highest BCUT2D eigenvalue weighted by Crippen LogP contribution is 2.14. The van der Waals surface area contributed by atoms with Gasteiger partial charge in [0, 0.05) is 0 Å². The van der Waals surface area contributed by atoms with Crippen LogP contribution in [0.2, 0.25) is 32.7 Å². The Morgan fingerprint density at radius 2 is 1.36 bits per heavy atom. The van der Waals surface area contributed by atoms with Crippen molar-refractivity contribution in [2.75, 3.05) is 7.11 Å². The van der Waals surface area contributed by atoms with Crippen molar-refractivity contribution in [3.63, 3.8) is 0 Å². The SMILES string of the molecule is COO[Si](C)(C)O[Si](C)(C)C. The fourth-order valence-corrected chi connectivity index (χ4v) is 7.39. The van der Waals surface area contributed by atoms with Gasteiger partial charge in [0.05, 0.1) is 7.11 Å². The Morgan fingerprint density at radius 1 is 0.909 bits per heavy atom. The minimum Gasteiger partial charge on any atom is -0.435 e. The van der Waals surface area contributed by atoms with Gasteiger partial charge in [-0.15, -0.1) is 0 Å². The van der Waals surface area contributed by atoms with E-state index >= 15 is 0 Å². The van der Waals surface area contributed by atoms with E-state index in [0.29, 0.717) is 0 Å². The molecule has 0 aromatic rings. The van der Waals surface area contributed by atoms with Gasteiger partial charge in [0.15, 0.2) is 8.32 Å². The Hall–Kier alpha value is 0.314. The lowest BCUT2D eigenvalue weighted by Crippen LogP contribution is -2.44. The zero-order valence-corrected chi connectivity index (χ0v) is 10.2. The first-order chi connectivity index (χ1) is 4.77. The summed E-state index contributed by atoms with van der Waals surface area (Å²) in [4.78, 5) is 4.61. The van der Waals surface area contributed by atoms with E-state index in [0.717, 1.165) is 0 Å². The number of rotatable bonds is 4. The van der Waals surface area contributed by atoms with E-state index in [9.17, 15) is 0 Å². The first kappa shape index (κ1) is 11.3. The van der Waals surface area contributed by atoms with E-state index in [1.807, 2.05) is 13.1 Å². The van der Waals surface area contributed by atoms with Gasteiger partial charge >= 0.3 is 8.56 Å². The van der Waals surface area contributed by atoms with Crippen molar-refractivity contribution in [1.82, 2.24) is 0 Å². The van der Waals surface area contributed by atoms with Crippen LogP contribution in [-0.2, 0) is 13.6 Å². The largest absolute Gasteiger partial charge is 0.435 e. The number of hydrogen-bond acceptors (Lipinski definition) is 3. The van der Waals surface area contributed by atoms with Crippen molar-refractivity contribution in [1.29, 1.82) is 0 Å². The van der Waals surface area contributed by atoms with Crippen LogP contribution in [0.25, 0.3) is 0 Å². The van der Waals surface area contributed by atoms with E-state index in [1.165, 1.54) is 7.11 Å². The molecule has 0 fully saturated rings. The predicted molar refractivity (Wildman–Crippen MR) is 50.0 cm³/mol. The lowest BCUT2D eigenvalue weighted by atomic mass is 11.8. The summed E-state index contributed by atoms with van der Waals surface area (Å²) >= 11 is 0. The van der Waals surface area contributed by atoms with Crippen LogP contribution in [0.5, 0.6) is 0 Å². The van der Waals surface area contributed by atoms with Crippen LogP contribution < -0.4 is 0 Å². The van der Waals surface area contributed by atoms with Gasteiger partial charge in [-0.25, -0.2) is 4.89 Å². The van der Waals surface area contributed by atoms with Gasteiger partial charge < -0.3 is 4.12 Å². The lowest BCUT2D eigenvalue weighted by molar-refractivity contribution is -0.200. The van der Waals surface area contributed by atoms with Crippen molar-refractivity contribution in [2.45, 2.75) is 32.7 Å². The fourth-order valence-electron chi connectivity index (χ4n) is 0.955. The van der Waals surface area contributed by atoms with Gasteiger partial charge in [0.25, 0.3) is 0 Å². The molecular formula is C6H18O3Si2. The maximum atomic E-state index is 5.80. The molecule has 0 saturated carbocycles. The zero-order chi connectivity index (χ0) is 9.12. The Kier molecular flexibility index (Phi) is 3.92. The summed E-state index contributed by atoms with van der Waals surface area (Å²) in [7, 11) is -1.96. The maximum absolute atomic E-state index is 5.80. The lowest BCUT2D eigenvalue weighted by Gasteiger charge is -2.28. The van der Waals surface area contributed by atoms with Crippen LogP contribution in [-0.4, -0.2) is 24.0 Å². The maximum Gasteiger partial charge on any atom is 0.359 e. The van der Waals surface area contributed by atoms with Gasteiger partial charge in [-0.1, -0.05) is 0 Å². The summed E-state index contributed by atoms with van der Waals surface area (Å²) in [5.41, 5.74) is 0. The molecule has 0 spiro atoms. The summed E-state index contributed by atoms with van der Waals surface area (Å²) in [5.74, 6) is 0. The van der Waals surface area contributed by atoms with Gasteiger partial charge in [0.1, 0.15) is 0 Å². The quantitative estimate of drug-likeness (QED) is 0.390. The Balaban J connectivity index is 3.91. The number of hydrogen-bond donors (Lipinski definition) is 0. The molecule has 11 heavy (non-hydrogen) atoms. The third-order valence-electron chi connectivity index (χ3n) is 0.836. The Bertz CT molecular complexity index is 119. The molecule has 0 aromatic heterocycles. The predicted octanol–water partition coefficient (Wildman–Crippen LogP) is 2.12. The van der Waals surface area contributed by atoms with Gasteiger partial charge in [0.2, 0.25) is 0 Å². The van der Waals surface area contributed by atoms with Gasteiger partial charge in [-0.05, 0) is 32.7 Å². The van der Waals surface area contributed by atoms with E-state index in [4.69, 9.17) is 8.69 Å². The molecule has 0 atom stereocenters. The summed E-state index contributed by atoms with van der Waals surface area (Å²) in [5, 5.41) is 0. The Morgan fingerprint density at radius 3 is 1.64 bits per heavy atom. The van der Waals surface area contributed by atoms with Crippen molar-refractivity contribution in [2.24, 2.45) is 0 Å². The van der Waals surface area contributed by atoms with E-state index in [-0.39, 0.29) is 0 Å². The fraction of sp³-hybridized carbons (Fsp3) is 1.00. The van der Waals surface area contributed by atoms with Crippen molar-refractivity contribution in [3.8, 4) is 0 Å². The first-order valence-electron chi connectivity index (χ1n) is 3.69. The second-order valence-electron chi connectivity index (χ2n) is 3.86. The van der Waals surface area contributed by atoms with Crippen molar-refractivity contribution < 1.29 is 13.6 Å². The molecule has 0 aliphatic carbocycles. The second-order valence-corrected chi connectivity index (χ2v) is 11.9. The summed E-state index contributed by atoms with van der Waals surface area (Å²) in [6, 6.07) is 0. The van der Waals surface area contributed by atoms with Crippen molar-refractivity contribution >= 4 is 16.9 Å². The minimum atomic E-state index is -2.00. The zero-order valence-electron chi connectivity index (χ0n) is 8.22. The molecule has 0 heterocycles. The smallest absolute Gasteiger partial charge is 0.359 e. The molecule has 0 aliphatic heterocycles. The second kappa shape index (κ2) is 3.82. The molecule has 0 amide bonds. The highest BCUT2D eigenvalue weighted by molar-refractivity contribution is 6.81. The molecule has 0 rings (SSSR count). The summed E-state index contributed by atoms with van der Waals surface area (Å²) in [6.45, 7) is 10.4. The average molecular weight is 194 g/mol. The average Bonchev–Trinajstić information content (AvgIpc) is 1.55. The van der Waals surface area contributed by atoms with Crippen LogP contribution >= 0.6 is 0 Å². The van der Waals surface area contributed by atoms with E-state index in [2.05, 4.69) is 24.5 Å². The van der Waals surface area contributed by atoms with Crippen LogP contribution in [0.1, 0.15) is 0 Å². The van der Waals surface area contributed by atoms with Crippen molar-refractivity contribution in [3.05, 3.63) is 0 Å². The highest BCUT2D eigenvalue weighted by Gasteiger charge is 2.32. The highest BCUT2D eigenvalue weighted by atomic mass is 28.4. The van der Waals surface area contributed by atoms with Crippen LogP contribution in [0.3, 0.4) is 0 Å². The molecular weight excluding hydrogens is 176 g/mol. The molecule has 0 N–H and O–H groups in total. The normalized spacial score (nSPS) is 13.6. The molecule has 0 aromatic carbocycles. The van der Waals surface area contributed by atoms with E-state index in [1.54, 1.807) is 0 Å². The topological polar surface area (TPSA) is 27.7 Å².